The van der Waals surface area contributed by atoms with Crippen molar-refractivity contribution >= 4 is 23.6 Å². The maximum atomic E-state index is 12.2. The molecule has 2 atom stereocenters. The monoisotopic (exact) mass is 256 g/mol. The van der Waals surface area contributed by atoms with Crippen LogP contribution in [0.3, 0.4) is 0 Å². The van der Waals surface area contributed by atoms with E-state index in [-0.39, 0.29) is 28.3 Å². The van der Waals surface area contributed by atoms with E-state index in [1.165, 1.54) is 0 Å². The van der Waals surface area contributed by atoms with Crippen molar-refractivity contribution in [1.82, 2.24) is 10.2 Å². The van der Waals surface area contributed by atoms with E-state index in [2.05, 4.69) is 12.2 Å². The van der Waals surface area contributed by atoms with Gasteiger partial charge >= 0.3 is 0 Å². The van der Waals surface area contributed by atoms with Crippen LogP contribution in [0, 0.1) is 0 Å². The summed E-state index contributed by atoms with van der Waals surface area (Å²) in [6, 6.07) is -0.292. The molecule has 0 saturated carbocycles. The number of nitrogens with one attached hydrogen (secondary N) is 1. The van der Waals surface area contributed by atoms with E-state index >= 15 is 0 Å². The smallest absolute Gasteiger partial charge is 0.244 e. The Kier molecular flexibility index (Phi) is 2.92. The lowest BCUT2D eigenvalue weighted by Crippen LogP contribution is -2.54. The third-order valence-corrected chi connectivity index (χ3v) is 4.75. The SMILES string of the molecule is CC(C)(C)NC(=O)C1CSC2(C)CCC(=O)N12. The van der Waals surface area contributed by atoms with E-state index in [0.29, 0.717) is 12.2 Å². The number of amides is 2. The van der Waals surface area contributed by atoms with E-state index in [9.17, 15) is 9.59 Å². The topological polar surface area (TPSA) is 49.4 Å². The highest BCUT2D eigenvalue weighted by Crippen LogP contribution is 2.47. The predicted octanol–water partition coefficient (Wildman–Crippen LogP) is 1.36. The molecule has 0 bridgehead atoms. The summed E-state index contributed by atoms with van der Waals surface area (Å²) in [6.07, 6.45) is 1.43. The van der Waals surface area contributed by atoms with E-state index < -0.39 is 0 Å². The molecule has 2 rings (SSSR count). The Morgan fingerprint density at radius 1 is 1.53 bits per heavy atom. The molecule has 2 amide bonds. The van der Waals surface area contributed by atoms with Crippen LogP contribution in [-0.4, -0.2) is 38.9 Å². The molecule has 1 N–H and O–H groups in total. The Morgan fingerprint density at radius 3 is 2.76 bits per heavy atom. The van der Waals surface area contributed by atoms with Gasteiger partial charge in [-0.05, 0) is 34.1 Å². The maximum Gasteiger partial charge on any atom is 0.244 e. The van der Waals surface area contributed by atoms with Gasteiger partial charge in [-0.1, -0.05) is 0 Å². The molecule has 2 fully saturated rings. The van der Waals surface area contributed by atoms with Gasteiger partial charge in [0.25, 0.3) is 0 Å². The zero-order valence-electron chi connectivity index (χ0n) is 10.9. The number of nitrogens with zero attached hydrogens (tertiary/aromatic N) is 1. The normalized spacial score (nSPS) is 32.8. The van der Waals surface area contributed by atoms with E-state index in [1.807, 2.05) is 20.8 Å². The molecule has 2 heterocycles. The van der Waals surface area contributed by atoms with Crippen LogP contribution >= 0.6 is 11.8 Å². The van der Waals surface area contributed by atoms with Gasteiger partial charge in [0.15, 0.2) is 0 Å². The van der Waals surface area contributed by atoms with Crippen LogP contribution in [-0.2, 0) is 9.59 Å². The van der Waals surface area contributed by atoms with Crippen LogP contribution in [0.1, 0.15) is 40.5 Å². The Balaban J connectivity index is 2.13. The zero-order valence-corrected chi connectivity index (χ0v) is 11.7. The van der Waals surface area contributed by atoms with E-state index in [0.717, 1.165) is 6.42 Å². The van der Waals surface area contributed by atoms with Crippen molar-refractivity contribution in [1.29, 1.82) is 0 Å². The standard InChI is InChI=1S/C12H20N2O2S/c1-11(2,3)13-10(16)8-7-17-12(4)6-5-9(15)14(8)12/h8H,5-7H2,1-4H3,(H,13,16). The maximum absolute atomic E-state index is 12.2. The summed E-state index contributed by atoms with van der Waals surface area (Å²) >= 11 is 1.73. The molecule has 2 aliphatic rings. The second-order valence-electron chi connectivity index (χ2n) is 6.00. The summed E-state index contributed by atoms with van der Waals surface area (Å²) in [5.74, 6) is 0.806. The summed E-state index contributed by atoms with van der Waals surface area (Å²) < 4.78 is 0. The molecule has 0 radical (unpaired) electrons. The van der Waals surface area contributed by atoms with Gasteiger partial charge in [0.05, 0.1) is 4.87 Å². The number of rotatable bonds is 1. The molecule has 2 unspecified atom stereocenters. The summed E-state index contributed by atoms with van der Waals surface area (Å²) in [5, 5.41) is 2.97. The molecule has 0 aliphatic carbocycles. The van der Waals surface area contributed by atoms with Gasteiger partial charge in [0.2, 0.25) is 11.8 Å². The van der Waals surface area contributed by atoms with Gasteiger partial charge in [-0.15, -0.1) is 11.8 Å². The number of carbonyl (C=O) groups excluding carboxylic acids is 2. The van der Waals surface area contributed by atoms with E-state index in [4.69, 9.17) is 0 Å². The highest BCUT2D eigenvalue weighted by atomic mass is 32.2. The number of thioether (sulfide) groups is 1. The summed E-state index contributed by atoms with van der Waals surface area (Å²) in [4.78, 5) is 25.7. The third-order valence-electron chi connectivity index (χ3n) is 3.25. The van der Waals surface area contributed by atoms with Gasteiger partial charge in [-0.2, -0.15) is 0 Å². The molecular weight excluding hydrogens is 236 g/mol. The lowest BCUT2D eigenvalue weighted by Gasteiger charge is -2.31. The van der Waals surface area contributed by atoms with Gasteiger partial charge < -0.3 is 10.2 Å². The molecule has 0 aromatic heterocycles. The zero-order chi connectivity index (χ0) is 12.8. The van der Waals surface area contributed by atoms with Crippen LogP contribution in [0.5, 0.6) is 0 Å². The Hall–Kier alpha value is -0.710. The van der Waals surface area contributed by atoms with Crippen molar-refractivity contribution in [3.05, 3.63) is 0 Å². The molecule has 0 spiro atoms. The predicted molar refractivity (Wildman–Crippen MR) is 68.6 cm³/mol. The minimum atomic E-state index is -0.292. The van der Waals surface area contributed by atoms with Crippen LogP contribution in [0.15, 0.2) is 0 Å². The summed E-state index contributed by atoms with van der Waals surface area (Å²) in [7, 11) is 0. The van der Waals surface area contributed by atoms with Gasteiger partial charge in [0, 0.05) is 17.7 Å². The van der Waals surface area contributed by atoms with Crippen molar-refractivity contribution in [2.45, 2.75) is 57.0 Å². The fourth-order valence-electron chi connectivity index (χ4n) is 2.47. The second-order valence-corrected chi connectivity index (χ2v) is 7.51. The third kappa shape index (κ3) is 2.30. The molecule has 2 aliphatic heterocycles. The molecular formula is C12H20N2O2S. The van der Waals surface area contributed by atoms with Crippen molar-refractivity contribution in [3.8, 4) is 0 Å². The van der Waals surface area contributed by atoms with E-state index in [1.54, 1.807) is 16.7 Å². The number of fused-ring (bicyclic) bond motifs is 1. The van der Waals surface area contributed by atoms with Gasteiger partial charge in [-0.3, -0.25) is 9.59 Å². The summed E-state index contributed by atoms with van der Waals surface area (Å²) in [6.45, 7) is 7.93. The Bertz CT molecular complexity index is 364. The average molecular weight is 256 g/mol. The molecule has 96 valence electrons. The first-order valence-electron chi connectivity index (χ1n) is 6.01. The number of hydrogen-bond acceptors (Lipinski definition) is 3. The molecule has 2 saturated heterocycles. The van der Waals surface area contributed by atoms with Crippen molar-refractivity contribution in [2.24, 2.45) is 0 Å². The van der Waals surface area contributed by atoms with Crippen LogP contribution < -0.4 is 5.32 Å². The Morgan fingerprint density at radius 2 is 2.18 bits per heavy atom. The first kappa shape index (κ1) is 12.7. The lowest BCUT2D eigenvalue weighted by molar-refractivity contribution is -0.138. The fourth-order valence-corrected chi connectivity index (χ4v) is 3.90. The second kappa shape index (κ2) is 3.90. The molecule has 17 heavy (non-hydrogen) atoms. The van der Waals surface area contributed by atoms with Crippen molar-refractivity contribution < 1.29 is 9.59 Å². The molecule has 0 aromatic carbocycles. The number of hydrogen-bond donors (Lipinski definition) is 1. The molecule has 4 nitrogen and oxygen atoms in total. The number of carbonyl (C=O) groups is 2. The van der Waals surface area contributed by atoms with Gasteiger partial charge in [0.1, 0.15) is 6.04 Å². The van der Waals surface area contributed by atoms with Crippen LogP contribution in [0.2, 0.25) is 0 Å². The molecule has 0 aromatic rings. The largest absolute Gasteiger partial charge is 0.350 e. The first-order chi connectivity index (χ1) is 7.73. The highest BCUT2D eigenvalue weighted by molar-refractivity contribution is 8.01. The van der Waals surface area contributed by atoms with Crippen molar-refractivity contribution in [3.63, 3.8) is 0 Å². The minimum absolute atomic E-state index is 0.0241. The minimum Gasteiger partial charge on any atom is -0.350 e. The van der Waals surface area contributed by atoms with Gasteiger partial charge in [-0.25, -0.2) is 0 Å². The highest BCUT2D eigenvalue weighted by Gasteiger charge is 2.53. The fraction of sp³-hybridized carbons (Fsp3) is 0.833. The lowest BCUT2D eigenvalue weighted by atomic mass is 10.1. The van der Waals surface area contributed by atoms with Crippen LogP contribution in [0.25, 0.3) is 0 Å². The first-order valence-corrected chi connectivity index (χ1v) is 7.00. The van der Waals surface area contributed by atoms with Crippen molar-refractivity contribution in [2.75, 3.05) is 5.75 Å². The average Bonchev–Trinajstić information content (AvgIpc) is 2.62. The quantitative estimate of drug-likeness (QED) is 0.770. The van der Waals surface area contributed by atoms with Crippen LogP contribution in [0.4, 0.5) is 0 Å². The summed E-state index contributed by atoms with van der Waals surface area (Å²) in [5.41, 5.74) is -0.247. The Labute approximate surface area is 106 Å². The molecule has 5 heteroatoms.